The second kappa shape index (κ2) is 9.42. The molecule has 0 amide bonds. The molecule has 4 heteroatoms. The van der Waals surface area contributed by atoms with Gasteiger partial charge in [-0.1, -0.05) is 102 Å². The zero-order chi connectivity index (χ0) is 31.5. The van der Waals surface area contributed by atoms with Crippen LogP contribution in [0.25, 0.3) is 0 Å². The third kappa shape index (κ3) is 3.78. The summed E-state index contributed by atoms with van der Waals surface area (Å²) in [5.74, 6) is 3.81. The number of ether oxygens (including phenoxy) is 2. The van der Waals surface area contributed by atoms with Crippen molar-refractivity contribution in [3.63, 3.8) is 0 Å². The molecular weight excluding hydrogens is 549 g/mol. The molecule has 0 fully saturated rings. The lowest BCUT2D eigenvalue weighted by molar-refractivity contribution is 0.318. The number of rotatable bonds is 1. The molecule has 0 bridgehead atoms. The van der Waals surface area contributed by atoms with Gasteiger partial charge in [0.25, 0.3) is 6.71 Å². The summed E-state index contributed by atoms with van der Waals surface area (Å²) in [6.45, 7) is 18.5. The molecule has 3 aliphatic heterocycles. The lowest BCUT2D eigenvalue weighted by Gasteiger charge is -2.47. The number of allylic oxidation sites excluding steroid dienone is 3. The van der Waals surface area contributed by atoms with E-state index in [0.717, 1.165) is 41.5 Å². The van der Waals surface area contributed by atoms with E-state index >= 15 is 0 Å². The highest BCUT2D eigenvalue weighted by molar-refractivity contribution is 6.98. The predicted octanol–water partition coefficient (Wildman–Crippen LogP) is 9.04. The Kier molecular flexibility index (Phi) is 5.93. The predicted molar refractivity (Wildman–Crippen MR) is 189 cm³/mol. The molecule has 0 spiro atoms. The second-order valence-electron chi connectivity index (χ2n) is 15.0. The van der Waals surface area contributed by atoms with Gasteiger partial charge in [0.1, 0.15) is 23.0 Å². The number of nitrogens with zero attached hydrogens (tertiary/aromatic N) is 1. The fourth-order valence-electron chi connectivity index (χ4n) is 8.74. The van der Waals surface area contributed by atoms with Crippen molar-refractivity contribution in [3.05, 3.63) is 113 Å². The van der Waals surface area contributed by atoms with Gasteiger partial charge in [0.15, 0.2) is 0 Å². The van der Waals surface area contributed by atoms with Crippen LogP contribution in [0.2, 0.25) is 0 Å². The summed E-state index contributed by atoms with van der Waals surface area (Å²) in [4.78, 5) is 2.44. The summed E-state index contributed by atoms with van der Waals surface area (Å²) in [7, 11) is 0. The van der Waals surface area contributed by atoms with E-state index in [0.29, 0.717) is 0 Å². The second-order valence-corrected chi connectivity index (χ2v) is 15.0. The topological polar surface area (TPSA) is 21.7 Å². The van der Waals surface area contributed by atoms with Gasteiger partial charge in [0.2, 0.25) is 0 Å². The zero-order valence-electron chi connectivity index (χ0n) is 27.8. The maximum Gasteiger partial charge on any atom is 0.260 e. The molecule has 4 aromatic carbocycles. The van der Waals surface area contributed by atoms with Gasteiger partial charge in [-0.05, 0) is 89.4 Å². The van der Waals surface area contributed by atoms with Gasteiger partial charge >= 0.3 is 0 Å². The van der Waals surface area contributed by atoms with Crippen LogP contribution in [-0.4, -0.2) is 6.71 Å². The van der Waals surface area contributed by atoms with Crippen molar-refractivity contribution < 1.29 is 9.47 Å². The Hall–Kier alpha value is -4.18. The Morgan fingerprint density at radius 3 is 2.13 bits per heavy atom. The SMILES string of the molecule is CC=C1/C(=C\C)N(c2cccc3c2Oc2c4c(cc5c2C(C)(C)CCC5(C)C)Oc2ccccc2B34)c2ccccc2C1(C)C. The van der Waals surface area contributed by atoms with Crippen molar-refractivity contribution in [2.75, 3.05) is 4.90 Å². The maximum absolute atomic E-state index is 7.41. The summed E-state index contributed by atoms with van der Waals surface area (Å²) in [6, 6.07) is 26.5. The number of anilines is 2. The quantitative estimate of drug-likeness (QED) is 0.178. The fourth-order valence-corrected chi connectivity index (χ4v) is 8.74. The van der Waals surface area contributed by atoms with Gasteiger partial charge in [-0.25, -0.2) is 0 Å². The summed E-state index contributed by atoms with van der Waals surface area (Å²) in [5, 5.41) is 0. The van der Waals surface area contributed by atoms with Crippen molar-refractivity contribution >= 4 is 34.5 Å². The first-order valence-electron chi connectivity index (χ1n) is 16.5. The molecule has 45 heavy (non-hydrogen) atoms. The van der Waals surface area contributed by atoms with Gasteiger partial charge in [-0.2, -0.15) is 0 Å². The molecule has 0 aromatic heterocycles. The lowest BCUT2D eigenvalue weighted by Crippen LogP contribution is -2.58. The fraction of sp³-hybridized carbons (Fsp3) is 0.317. The minimum absolute atomic E-state index is 0.0153. The Bertz CT molecular complexity index is 1980. The highest BCUT2D eigenvalue weighted by Crippen LogP contribution is 2.56. The van der Waals surface area contributed by atoms with Crippen molar-refractivity contribution in [2.45, 2.75) is 84.5 Å². The summed E-state index contributed by atoms with van der Waals surface area (Å²) >= 11 is 0. The number of fused-ring (bicyclic) bond motifs is 7. The Labute approximate surface area is 268 Å². The molecule has 4 aliphatic rings. The number of hydrogen-bond donors (Lipinski definition) is 0. The third-order valence-electron chi connectivity index (χ3n) is 11.2. The van der Waals surface area contributed by atoms with E-state index in [9.17, 15) is 0 Å². The van der Waals surface area contributed by atoms with Crippen molar-refractivity contribution in [3.8, 4) is 23.0 Å². The molecule has 0 saturated heterocycles. The summed E-state index contributed by atoms with van der Waals surface area (Å²) < 4.78 is 14.2. The van der Waals surface area contributed by atoms with Gasteiger partial charge in [0, 0.05) is 22.1 Å². The average Bonchev–Trinajstić information content (AvgIpc) is 3.02. The molecule has 1 aliphatic carbocycles. The molecule has 3 nitrogen and oxygen atoms in total. The molecule has 3 heterocycles. The van der Waals surface area contributed by atoms with Crippen LogP contribution in [0.5, 0.6) is 23.0 Å². The van der Waals surface area contributed by atoms with E-state index in [2.05, 4.69) is 145 Å². The average molecular weight is 592 g/mol. The van der Waals surface area contributed by atoms with Gasteiger partial charge in [-0.15, -0.1) is 0 Å². The van der Waals surface area contributed by atoms with Crippen LogP contribution in [0, 0.1) is 0 Å². The van der Waals surface area contributed by atoms with Crippen LogP contribution in [-0.2, 0) is 16.2 Å². The standard InChI is InChI=1S/C41H42BNO2/c1-9-25-30(10-2)43(31-19-13-11-16-26(31)41(25,7)8)32-20-15-18-29-37(32)45-38-35-27(39(3,4)22-23-40(35,5)6)24-34-36(38)42(29)28-17-12-14-21-33(28)44-34/h9-21,24H,22-23H2,1-8H3/b25-9?,30-10+. The number of para-hydroxylation sites is 3. The lowest BCUT2D eigenvalue weighted by atomic mass is 9.34. The van der Waals surface area contributed by atoms with Gasteiger partial charge in [0.05, 0.1) is 11.4 Å². The van der Waals surface area contributed by atoms with Crippen LogP contribution in [0.3, 0.4) is 0 Å². The summed E-state index contributed by atoms with van der Waals surface area (Å²) in [6.07, 6.45) is 6.79. The number of hydrogen-bond acceptors (Lipinski definition) is 3. The van der Waals surface area contributed by atoms with E-state index in [-0.39, 0.29) is 23.0 Å². The van der Waals surface area contributed by atoms with Crippen molar-refractivity contribution in [2.24, 2.45) is 0 Å². The van der Waals surface area contributed by atoms with E-state index in [1.807, 2.05) is 0 Å². The molecule has 0 unspecified atom stereocenters. The molecule has 4 aromatic rings. The van der Waals surface area contributed by atoms with Crippen molar-refractivity contribution in [1.82, 2.24) is 0 Å². The maximum atomic E-state index is 7.41. The molecule has 0 saturated carbocycles. The molecule has 8 rings (SSSR count). The minimum atomic E-state index is -0.130. The molecule has 0 atom stereocenters. The highest BCUT2D eigenvalue weighted by Gasteiger charge is 2.49. The first kappa shape index (κ1) is 28.3. The number of benzene rings is 4. The van der Waals surface area contributed by atoms with Crippen LogP contribution >= 0.6 is 0 Å². The van der Waals surface area contributed by atoms with Crippen LogP contribution < -0.4 is 30.8 Å². The molecule has 226 valence electrons. The van der Waals surface area contributed by atoms with Gasteiger partial charge in [-0.3, -0.25) is 0 Å². The molecule has 0 radical (unpaired) electrons. The molecule has 0 N–H and O–H groups in total. The largest absolute Gasteiger partial charge is 0.458 e. The summed E-state index contributed by atoms with van der Waals surface area (Å²) in [5.41, 5.74) is 12.2. The van der Waals surface area contributed by atoms with Crippen LogP contribution in [0.4, 0.5) is 11.4 Å². The molecular formula is C41H42BNO2. The third-order valence-corrected chi connectivity index (χ3v) is 11.2. The first-order chi connectivity index (χ1) is 21.5. The van der Waals surface area contributed by atoms with E-state index in [1.165, 1.54) is 50.0 Å². The van der Waals surface area contributed by atoms with E-state index in [1.54, 1.807) is 0 Å². The highest BCUT2D eigenvalue weighted by atomic mass is 16.5. The van der Waals surface area contributed by atoms with Crippen molar-refractivity contribution in [1.29, 1.82) is 0 Å². The van der Waals surface area contributed by atoms with E-state index in [4.69, 9.17) is 9.47 Å². The Morgan fingerprint density at radius 2 is 1.36 bits per heavy atom. The van der Waals surface area contributed by atoms with E-state index < -0.39 is 0 Å². The van der Waals surface area contributed by atoms with Gasteiger partial charge < -0.3 is 14.4 Å². The smallest absolute Gasteiger partial charge is 0.260 e. The van der Waals surface area contributed by atoms with Crippen LogP contribution in [0.15, 0.2) is 96.2 Å². The Morgan fingerprint density at radius 1 is 0.667 bits per heavy atom. The minimum Gasteiger partial charge on any atom is -0.458 e. The monoisotopic (exact) mass is 591 g/mol. The van der Waals surface area contributed by atoms with Crippen LogP contribution in [0.1, 0.15) is 84.9 Å². The first-order valence-corrected chi connectivity index (χ1v) is 16.5. The Balaban J connectivity index is 1.45. The normalized spacial score (nSPS) is 21.2. The zero-order valence-corrected chi connectivity index (χ0v) is 27.8.